The third-order valence-corrected chi connectivity index (χ3v) is 2.43. The van der Waals surface area contributed by atoms with Crippen molar-refractivity contribution in [3.05, 3.63) is 34.2 Å². The van der Waals surface area contributed by atoms with Crippen molar-refractivity contribution in [2.75, 3.05) is 0 Å². The van der Waals surface area contributed by atoms with Crippen molar-refractivity contribution in [3.8, 4) is 0 Å². The highest BCUT2D eigenvalue weighted by Crippen LogP contribution is 2.14. The zero-order chi connectivity index (χ0) is 10.1. The Morgan fingerprint density at radius 1 is 1.71 bits per heavy atom. The molecule has 1 N–H and O–H groups in total. The summed E-state index contributed by atoms with van der Waals surface area (Å²) in [7, 11) is 0. The zero-order valence-corrected chi connectivity index (χ0v) is 9.73. The number of fused-ring (bicyclic) bond motifs is 1. The molecule has 2 aromatic heterocycles. The standard InChI is InChI=1S/C9H8BrN3S/c1-6(10)5-13-8-7(12-9(13)14)3-2-4-11-8/h2-4H,1,5H2,(H,12,14). The van der Waals surface area contributed by atoms with E-state index < -0.39 is 0 Å². The number of aromatic amines is 1. The molecule has 14 heavy (non-hydrogen) atoms. The van der Waals surface area contributed by atoms with Crippen LogP contribution in [-0.2, 0) is 6.54 Å². The molecule has 2 aromatic rings. The summed E-state index contributed by atoms with van der Waals surface area (Å²) in [5, 5.41) is 0. The minimum absolute atomic E-state index is 0.635. The summed E-state index contributed by atoms with van der Waals surface area (Å²) in [5.74, 6) is 0. The second-order valence-corrected chi connectivity index (χ2v) is 4.42. The van der Waals surface area contributed by atoms with Gasteiger partial charge in [0.2, 0.25) is 0 Å². The largest absolute Gasteiger partial charge is 0.329 e. The summed E-state index contributed by atoms with van der Waals surface area (Å²) in [6, 6.07) is 3.83. The number of hydrogen-bond acceptors (Lipinski definition) is 2. The van der Waals surface area contributed by atoms with Crippen LogP contribution in [0.5, 0.6) is 0 Å². The lowest BCUT2D eigenvalue weighted by molar-refractivity contribution is 0.818. The fraction of sp³-hybridized carbons (Fsp3) is 0.111. The van der Waals surface area contributed by atoms with Crippen molar-refractivity contribution in [1.82, 2.24) is 14.5 Å². The van der Waals surface area contributed by atoms with Gasteiger partial charge < -0.3 is 4.98 Å². The lowest BCUT2D eigenvalue weighted by Crippen LogP contribution is -1.98. The molecule has 0 aliphatic carbocycles. The van der Waals surface area contributed by atoms with E-state index in [0.29, 0.717) is 11.3 Å². The number of allylic oxidation sites excluding steroid dienone is 1. The first kappa shape index (κ1) is 9.61. The van der Waals surface area contributed by atoms with Gasteiger partial charge in [-0.3, -0.25) is 4.57 Å². The highest BCUT2D eigenvalue weighted by Gasteiger charge is 2.04. The van der Waals surface area contributed by atoms with Crippen LogP contribution in [-0.4, -0.2) is 14.5 Å². The number of rotatable bonds is 2. The van der Waals surface area contributed by atoms with Crippen LogP contribution in [0.15, 0.2) is 29.4 Å². The maximum absolute atomic E-state index is 5.18. The summed E-state index contributed by atoms with van der Waals surface area (Å²) >= 11 is 8.49. The van der Waals surface area contributed by atoms with Crippen molar-refractivity contribution in [3.63, 3.8) is 0 Å². The molecule has 0 atom stereocenters. The van der Waals surface area contributed by atoms with Gasteiger partial charge in [0.25, 0.3) is 0 Å². The summed E-state index contributed by atoms with van der Waals surface area (Å²) in [5.41, 5.74) is 1.81. The number of imidazole rings is 1. The maximum atomic E-state index is 5.18. The van der Waals surface area contributed by atoms with Gasteiger partial charge in [-0.05, 0) is 24.4 Å². The Bertz CT molecular complexity index is 540. The Balaban J connectivity index is 2.68. The molecule has 0 unspecified atom stereocenters. The van der Waals surface area contributed by atoms with Gasteiger partial charge in [0.1, 0.15) is 0 Å². The van der Waals surface area contributed by atoms with Gasteiger partial charge in [0.05, 0.1) is 12.1 Å². The molecule has 0 aliphatic heterocycles. The van der Waals surface area contributed by atoms with Gasteiger partial charge in [-0.2, -0.15) is 0 Å². The molecule has 0 saturated heterocycles. The van der Waals surface area contributed by atoms with E-state index in [2.05, 4.69) is 32.5 Å². The number of H-pyrrole nitrogens is 1. The van der Waals surface area contributed by atoms with Crippen molar-refractivity contribution >= 4 is 39.3 Å². The molecular weight excluding hydrogens is 262 g/mol. The topological polar surface area (TPSA) is 33.6 Å². The van der Waals surface area contributed by atoms with Crippen LogP contribution in [0.4, 0.5) is 0 Å². The average Bonchev–Trinajstić information content (AvgIpc) is 2.43. The summed E-state index contributed by atoms with van der Waals surface area (Å²) in [6.45, 7) is 4.42. The SMILES string of the molecule is C=C(Br)Cn1c(=S)[nH]c2cccnc21. The highest BCUT2D eigenvalue weighted by atomic mass is 79.9. The molecule has 72 valence electrons. The molecule has 0 aliphatic rings. The molecule has 0 spiro atoms. The Kier molecular flexibility index (Phi) is 2.52. The quantitative estimate of drug-likeness (QED) is 0.851. The number of aromatic nitrogens is 3. The first-order valence-corrected chi connectivity index (χ1v) is 5.25. The zero-order valence-electron chi connectivity index (χ0n) is 7.33. The molecule has 0 saturated carbocycles. The number of pyridine rings is 1. The van der Waals surface area contributed by atoms with E-state index in [-0.39, 0.29) is 0 Å². The Morgan fingerprint density at radius 2 is 2.50 bits per heavy atom. The molecule has 0 amide bonds. The van der Waals surface area contributed by atoms with Gasteiger partial charge in [-0.15, -0.1) is 0 Å². The van der Waals surface area contributed by atoms with E-state index in [9.17, 15) is 0 Å². The number of halogens is 1. The fourth-order valence-corrected chi connectivity index (χ4v) is 1.82. The molecule has 0 bridgehead atoms. The van der Waals surface area contributed by atoms with E-state index in [1.165, 1.54) is 0 Å². The third-order valence-electron chi connectivity index (χ3n) is 1.86. The van der Waals surface area contributed by atoms with Gasteiger partial charge >= 0.3 is 0 Å². The molecule has 3 nitrogen and oxygen atoms in total. The molecule has 2 rings (SSSR count). The van der Waals surface area contributed by atoms with Crippen molar-refractivity contribution in [2.45, 2.75) is 6.54 Å². The van der Waals surface area contributed by atoms with Crippen molar-refractivity contribution in [2.24, 2.45) is 0 Å². The van der Waals surface area contributed by atoms with Crippen LogP contribution < -0.4 is 0 Å². The van der Waals surface area contributed by atoms with Crippen LogP contribution in [0.1, 0.15) is 0 Å². The minimum Gasteiger partial charge on any atom is -0.329 e. The highest BCUT2D eigenvalue weighted by molar-refractivity contribution is 9.11. The fourth-order valence-electron chi connectivity index (χ4n) is 1.31. The second kappa shape index (κ2) is 3.67. The minimum atomic E-state index is 0.635. The van der Waals surface area contributed by atoms with Crippen LogP contribution in [0.3, 0.4) is 0 Å². The monoisotopic (exact) mass is 269 g/mol. The summed E-state index contributed by atoms with van der Waals surface area (Å²) in [4.78, 5) is 7.34. The Hall–Kier alpha value is -0.940. The van der Waals surface area contributed by atoms with Crippen LogP contribution in [0.25, 0.3) is 11.2 Å². The van der Waals surface area contributed by atoms with Gasteiger partial charge in [0, 0.05) is 10.7 Å². The maximum Gasteiger partial charge on any atom is 0.179 e. The van der Waals surface area contributed by atoms with Crippen LogP contribution in [0, 0.1) is 4.77 Å². The van der Waals surface area contributed by atoms with Crippen LogP contribution in [0.2, 0.25) is 0 Å². The Labute approximate surface area is 94.6 Å². The Morgan fingerprint density at radius 3 is 3.21 bits per heavy atom. The summed E-state index contributed by atoms with van der Waals surface area (Å²) < 4.78 is 3.45. The summed E-state index contributed by atoms with van der Waals surface area (Å²) in [6.07, 6.45) is 1.75. The van der Waals surface area contributed by atoms with Crippen molar-refractivity contribution < 1.29 is 0 Å². The lowest BCUT2D eigenvalue weighted by atomic mass is 10.4. The number of nitrogens with zero attached hydrogens (tertiary/aromatic N) is 2. The predicted octanol–water partition coefficient (Wildman–Crippen LogP) is 3.00. The lowest BCUT2D eigenvalue weighted by Gasteiger charge is -2.00. The van der Waals surface area contributed by atoms with Crippen molar-refractivity contribution in [1.29, 1.82) is 0 Å². The molecule has 5 heteroatoms. The van der Waals surface area contributed by atoms with E-state index >= 15 is 0 Å². The van der Waals surface area contributed by atoms with E-state index in [0.717, 1.165) is 15.6 Å². The van der Waals surface area contributed by atoms with E-state index in [4.69, 9.17) is 12.2 Å². The molecule has 0 radical (unpaired) electrons. The third kappa shape index (κ3) is 1.65. The predicted molar refractivity (Wildman–Crippen MR) is 63.0 cm³/mol. The number of nitrogens with one attached hydrogen (secondary N) is 1. The van der Waals surface area contributed by atoms with E-state index in [1.807, 2.05) is 16.7 Å². The van der Waals surface area contributed by atoms with Crippen LogP contribution >= 0.6 is 28.1 Å². The van der Waals surface area contributed by atoms with E-state index in [1.54, 1.807) is 6.20 Å². The molecule has 0 aromatic carbocycles. The first-order valence-electron chi connectivity index (χ1n) is 4.05. The van der Waals surface area contributed by atoms with Gasteiger partial charge in [-0.25, -0.2) is 4.98 Å². The second-order valence-electron chi connectivity index (χ2n) is 2.91. The molecule has 0 fully saturated rings. The van der Waals surface area contributed by atoms with Gasteiger partial charge in [-0.1, -0.05) is 22.5 Å². The normalized spacial score (nSPS) is 10.6. The smallest absolute Gasteiger partial charge is 0.179 e. The molecule has 2 heterocycles. The van der Waals surface area contributed by atoms with Gasteiger partial charge in [0.15, 0.2) is 10.4 Å². The first-order chi connectivity index (χ1) is 6.68. The average molecular weight is 270 g/mol. The molecular formula is C9H8BrN3S. The number of hydrogen-bond donors (Lipinski definition) is 1.